The van der Waals surface area contributed by atoms with Crippen LogP contribution in [0.25, 0.3) is 0 Å². The van der Waals surface area contributed by atoms with E-state index < -0.39 is 0 Å². The first-order chi connectivity index (χ1) is 9.49. The predicted molar refractivity (Wildman–Crippen MR) is 79.7 cm³/mol. The molecule has 0 spiro atoms. The number of aliphatic hydroxyl groups excluding tert-OH is 1. The predicted octanol–water partition coefficient (Wildman–Crippen LogP) is 2.07. The molecule has 1 heterocycles. The van der Waals surface area contributed by atoms with Crippen LogP contribution >= 0.6 is 0 Å². The van der Waals surface area contributed by atoms with Crippen LogP contribution in [0.2, 0.25) is 0 Å². The lowest BCUT2D eigenvalue weighted by Crippen LogP contribution is -2.31. The molecule has 5 heteroatoms. The largest absolute Gasteiger partial charge is 0.396 e. The molecule has 0 radical (unpaired) electrons. The van der Waals surface area contributed by atoms with E-state index in [-0.39, 0.29) is 12.5 Å². The van der Waals surface area contributed by atoms with E-state index in [1.165, 1.54) is 0 Å². The van der Waals surface area contributed by atoms with Crippen molar-refractivity contribution >= 4 is 5.91 Å². The van der Waals surface area contributed by atoms with Gasteiger partial charge in [-0.25, -0.2) is 0 Å². The Morgan fingerprint density at radius 2 is 2.15 bits per heavy atom. The zero-order chi connectivity index (χ0) is 15.1. The van der Waals surface area contributed by atoms with Crippen molar-refractivity contribution in [1.82, 2.24) is 15.1 Å². The van der Waals surface area contributed by atoms with Crippen molar-refractivity contribution < 1.29 is 9.90 Å². The third-order valence-corrected chi connectivity index (χ3v) is 3.51. The average Bonchev–Trinajstić information content (AvgIpc) is 2.78. The van der Waals surface area contributed by atoms with Crippen LogP contribution in [0.3, 0.4) is 0 Å². The first-order valence-corrected chi connectivity index (χ1v) is 7.42. The Labute approximate surface area is 121 Å². The zero-order valence-corrected chi connectivity index (χ0v) is 13.0. The molecule has 0 bridgehead atoms. The van der Waals surface area contributed by atoms with Gasteiger partial charge in [0.1, 0.15) is 5.69 Å². The van der Waals surface area contributed by atoms with E-state index in [4.69, 9.17) is 5.11 Å². The topological polar surface area (TPSA) is 67.2 Å². The minimum atomic E-state index is -0.0917. The van der Waals surface area contributed by atoms with Crippen molar-refractivity contribution in [3.05, 3.63) is 17.5 Å². The summed E-state index contributed by atoms with van der Waals surface area (Å²) < 4.78 is 1.63. The number of nitrogens with zero attached hydrogens (tertiary/aromatic N) is 2. The summed E-state index contributed by atoms with van der Waals surface area (Å²) in [5.74, 6) is 0.558. The maximum atomic E-state index is 12.2. The van der Waals surface area contributed by atoms with Crippen molar-refractivity contribution in [3.63, 3.8) is 0 Å². The standard InChI is InChI=1S/C15H27N3O2/c1-5-6-12(7-8-19)10-16-15(20)14-9-13(11(2)3)17-18(14)4/h9,11-12,19H,5-8,10H2,1-4H3,(H,16,20). The molecule has 1 unspecified atom stereocenters. The molecule has 1 atom stereocenters. The molecule has 2 N–H and O–H groups in total. The third-order valence-electron chi connectivity index (χ3n) is 3.51. The molecule has 20 heavy (non-hydrogen) atoms. The second-order valence-corrected chi connectivity index (χ2v) is 5.61. The number of rotatable bonds is 8. The lowest BCUT2D eigenvalue weighted by molar-refractivity contribution is 0.0933. The highest BCUT2D eigenvalue weighted by atomic mass is 16.3. The van der Waals surface area contributed by atoms with Gasteiger partial charge in [0.2, 0.25) is 0 Å². The van der Waals surface area contributed by atoms with E-state index in [0.717, 1.165) is 25.0 Å². The van der Waals surface area contributed by atoms with Crippen molar-refractivity contribution in [1.29, 1.82) is 0 Å². The van der Waals surface area contributed by atoms with Gasteiger partial charge in [0.15, 0.2) is 0 Å². The van der Waals surface area contributed by atoms with Gasteiger partial charge >= 0.3 is 0 Å². The van der Waals surface area contributed by atoms with Gasteiger partial charge in [0, 0.05) is 20.2 Å². The second kappa shape index (κ2) is 8.04. The average molecular weight is 281 g/mol. The number of aliphatic hydroxyl groups is 1. The number of nitrogens with one attached hydrogen (secondary N) is 1. The van der Waals surface area contributed by atoms with Gasteiger partial charge in [-0.05, 0) is 30.7 Å². The molecule has 1 aromatic heterocycles. The fourth-order valence-electron chi connectivity index (χ4n) is 2.25. The third kappa shape index (κ3) is 4.63. The minimum absolute atomic E-state index is 0.0917. The molecule has 0 fully saturated rings. The maximum absolute atomic E-state index is 12.2. The van der Waals surface area contributed by atoms with E-state index >= 15 is 0 Å². The second-order valence-electron chi connectivity index (χ2n) is 5.61. The van der Waals surface area contributed by atoms with E-state index in [1.54, 1.807) is 11.7 Å². The quantitative estimate of drug-likeness (QED) is 0.766. The summed E-state index contributed by atoms with van der Waals surface area (Å²) >= 11 is 0. The lowest BCUT2D eigenvalue weighted by atomic mass is 10.0. The Morgan fingerprint density at radius 1 is 1.45 bits per heavy atom. The van der Waals surface area contributed by atoms with Crippen molar-refractivity contribution in [3.8, 4) is 0 Å². The number of amides is 1. The van der Waals surface area contributed by atoms with E-state index in [2.05, 4.69) is 31.2 Å². The highest BCUT2D eigenvalue weighted by molar-refractivity contribution is 5.92. The van der Waals surface area contributed by atoms with E-state index in [9.17, 15) is 4.79 Å². The Morgan fingerprint density at radius 3 is 2.65 bits per heavy atom. The molecule has 1 rings (SSSR count). The summed E-state index contributed by atoms with van der Waals surface area (Å²) in [4.78, 5) is 12.2. The number of carbonyl (C=O) groups excluding carboxylic acids is 1. The van der Waals surface area contributed by atoms with Crippen LogP contribution in [-0.2, 0) is 7.05 Å². The zero-order valence-electron chi connectivity index (χ0n) is 13.0. The van der Waals surface area contributed by atoms with Crippen LogP contribution in [0.5, 0.6) is 0 Å². The first-order valence-electron chi connectivity index (χ1n) is 7.42. The fraction of sp³-hybridized carbons (Fsp3) is 0.733. The highest BCUT2D eigenvalue weighted by Crippen LogP contribution is 2.14. The summed E-state index contributed by atoms with van der Waals surface area (Å²) in [6.45, 7) is 7.01. The molecule has 114 valence electrons. The smallest absolute Gasteiger partial charge is 0.269 e. The summed E-state index contributed by atoms with van der Waals surface area (Å²) in [7, 11) is 1.79. The number of aromatic nitrogens is 2. The van der Waals surface area contributed by atoms with E-state index in [1.807, 2.05) is 6.07 Å². The van der Waals surface area contributed by atoms with Crippen molar-refractivity contribution in [2.24, 2.45) is 13.0 Å². The molecule has 5 nitrogen and oxygen atoms in total. The van der Waals surface area contributed by atoms with Gasteiger partial charge in [0.25, 0.3) is 5.91 Å². The Kier molecular flexibility index (Phi) is 6.71. The SMILES string of the molecule is CCCC(CCO)CNC(=O)c1cc(C(C)C)nn1C. The molecule has 0 saturated heterocycles. The summed E-state index contributed by atoms with van der Waals surface area (Å²) in [5, 5.41) is 16.3. The van der Waals surface area contributed by atoms with Crippen LogP contribution in [0.15, 0.2) is 6.07 Å². The molecular formula is C15H27N3O2. The molecule has 1 amide bonds. The normalized spacial score (nSPS) is 12.7. The fourth-order valence-corrected chi connectivity index (χ4v) is 2.25. The number of hydrogen-bond acceptors (Lipinski definition) is 3. The van der Waals surface area contributed by atoms with Gasteiger partial charge in [-0.2, -0.15) is 5.10 Å². The first kappa shape index (κ1) is 16.7. The van der Waals surface area contributed by atoms with Gasteiger partial charge in [0.05, 0.1) is 5.69 Å². The molecule has 0 saturated carbocycles. The van der Waals surface area contributed by atoms with Gasteiger partial charge in [-0.15, -0.1) is 0 Å². The van der Waals surface area contributed by atoms with Crippen LogP contribution in [0, 0.1) is 5.92 Å². The summed E-state index contributed by atoms with van der Waals surface area (Å²) in [6.07, 6.45) is 2.81. The van der Waals surface area contributed by atoms with Gasteiger partial charge in [-0.1, -0.05) is 27.2 Å². The van der Waals surface area contributed by atoms with Crippen LogP contribution < -0.4 is 5.32 Å². The van der Waals surface area contributed by atoms with Crippen LogP contribution in [0.1, 0.15) is 62.1 Å². The van der Waals surface area contributed by atoms with Crippen LogP contribution in [0.4, 0.5) is 0 Å². The highest BCUT2D eigenvalue weighted by Gasteiger charge is 2.16. The molecule has 0 aliphatic rings. The lowest BCUT2D eigenvalue weighted by Gasteiger charge is -2.15. The molecule has 0 aliphatic heterocycles. The molecule has 0 aliphatic carbocycles. The van der Waals surface area contributed by atoms with E-state index in [0.29, 0.717) is 24.1 Å². The number of carbonyl (C=O) groups is 1. The summed E-state index contributed by atoms with van der Waals surface area (Å²) in [6, 6.07) is 1.85. The Bertz CT molecular complexity index is 421. The van der Waals surface area contributed by atoms with Crippen molar-refractivity contribution in [2.45, 2.75) is 46.0 Å². The minimum Gasteiger partial charge on any atom is -0.396 e. The van der Waals surface area contributed by atoms with Gasteiger partial charge in [-0.3, -0.25) is 9.48 Å². The van der Waals surface area contributed by atoms with Crippen LogP contribution in [-0.4, -0.2) is 33.9 Å². The molecular weight excluding hydrogens is 254 g/mol. The molecule has 0 aromatic carbocycles. The van der Waals surface area contributed by atoms with Gasteiger partial charge < -0.3 is 10.4 Å². The monoisotopic (exact) mass is 281 g/mol. The number of aryl methyl sites for hydroxylation is 1. The number of hydrogen-bond donors (Lipinski definition) is 2. The van der Waals surface area contributed by atoms with Crippen molar-refractivity contribution in [2.75, 3.05) is 13.2 Å². The Balaban J connectivity index is 2.61. The summed E-state index contributed by atoms with van der Waals surface area (Å²) in [5.41, 5.74) is 1.52. The Hall–Kier alpha value is -1.36. The molecule has 1 aromatic rings. The maximum Gasteiger partial charge on any atom is 0.269 e.